The van der Waals surface area contributed by atoms with E-state index in [1.165, 1.54) is 60.2 Å². The van der Waals surface area contributed by atoms with E-state index in [9.17, 15) is 67.6 Å². The van der Waals surface area contributed by atoms with Crippen LogP contribution in [0.1, 0.15) is 101 Å². The molecule has 550 valence electrons. The number of carboxylic acid groups (broad SMARTS) is 2. The number of aromatic carboxylic acids is 2. The number of hydrogen-bond acceptors (Lipinski definition) is 15. The highest BCUT2D eigenvalue weighted by Gasteiger charge is 2.09. The fraction of sp³-hybridized carbons (Fsp3) is 0.0787. The summed E-state index contributed by atoms with van der Waals surface area (Å²) in [7, 11) is 3.99. The first kappa shape index (κ1) is 89.6. The first-order valence-corrected chi connectivity index (χ1v) is 33.0. The van der Waals surface area contributed by atoms with Crippen molar-refractivity contribution in [2.75, 3.05) is 24.3 Å². The van der Waals surface area contributed by atoms with E-state index in [2.05, 4.69) is 24.4 Å². The Hall–Kier alpha value is -14.5. The first-order valence-electron chi connectivity index (χ1n) is 33.0. The molecule has 10 aromatic rings. The molecule has 0 saturated carbocycles. The van der Waals surface area contributed by atoms with E-state index in [-0.39, 0.29) is 34.9 Å². The second-order valence-electron chi connectivity index (χ2n) is 22.3. The van der Waals surface area contributed by atoms with Gasteiger partial charge in [0, 0.05) is 55.0 Å². The van der Waals surface area contributed by atoms with Crippen molar-refractivity contribution >= 4 is 122 Å². The molecule has 0 aliphatic heterocycles. The lowest BCUT2D eigenvalue weighted by Crippen LogP contribution is -2.11. The number of carbonyl (C=O) groups excluding carboxylic acids is 10. The summed E-state index contributed by atoms with van der Waals surface area (Å²) in [5, 5.41) is 30.2. The fourth-order valence-electron chi connectivity index (χ4n) is 8.35. The molecule has 0 spiro atoms. The van der Waals surface area contributed by atoms with Crippen LogP contribution in [0.25, 0.3) is 41.5 Å². The van der Waals surface area contributed by atoms with Gasteiger partial charge < -0.3 is 30.0 Å². The second kappa shape index (κ2) is 55.2. The minimum absolute atomic E-state index is 0.0289. The number of aryl methyl sites for hydroxylation is 1. The number of nitro groups is 1. The van der Waals surface area contributed by atoms with E-state index in [1.807, 2.05) is 185 Å². The number of allylic oxidation sites excluding steroid dienone is 5. The van der Waals surface area contributed by atoms with Crippen LogP contribution < -0.4 is 10.2 Å². The zero-order valence-corrected chi connectivity index (χ0v) is 60.0. The minimum atomic E-state index is -0.953. The summed E-state index contributed by atoms with van der Waals surface area (Å²) >= 11 is 0. The zero-order chi connectivity index (χ0) is 79.5. The number of non-ortho nitro benzene ring substituents is 1. The number of rotatable bonds is 22. The Morgan fingerprint density at radius 2 is 0.769 bits per heavy atom. The number of carbonyl (C=O) groups is 12. The third-order valence-corrected chi connectivity index (χ3v) is 14.0. The molecule has 3 N–H and O–H groups in total. The maximum Gasteiger partial charge on any atom is 0.335 e. The van der Waals surface area contributed by atoms with E-state index in [1.54, 1.807) is 109 Å². The zero-order valence-electron chi connectivity index (χ0n) is 60.0. The molecule has 0 bridgehead atoms. The molecule has 19 nitrogen and oxygen atoms in total. The van der Waals surface area contributed by atoms with Gasteiger partial charge in [-0.3, -0.25) is 48.5 Å². The summed E-state index contributed by atoms with van der Waals surface area (Å²) in [6, 6.07) is 80.0. The fourth-order valence-corrected chi connectivity index (χ4v) is 8.35. The van der Waals surface area contributed by atoms with Crippen molar-refractivity contribution in [2.24, 2.45) is 0 Å². The van der Waals surface area contributed by atoms with Gasteiger partial charge in [-0.2, -0.15) is 0 Å². The lowest BCUT2D eigenvalue weighted by Gasteiger charge is -2.11. The van der Waals surface area contributed by atoms with Gasteiger partial charge in [-0.05, 0) is 154 Å². The SMILES string of the molecule is CC(C=O)c1cccc(-c2cccc(C(=O)O)c2)c1.CC(C=O)c1ccccc1.CN(C)c1ccc(/C=C/C=O)cc1.Cc1ccccc1.O=C/C=C/c1ccc(C(=O)O)cc1.O=C/C=C/c1ccc([N+](=O)[O-])cc1.O=C/C=C/c1cccc(/C=C/C=O)c1.O=CC(=O)Nc1ccccc1.O=Cc1ccccc1. The molecule has 0 fully saturated rings. The summed E-state index contributed by atoms with van der Waals surface area (Å²) in [6.45, 7) is 5.81. The number of nitrogens with zero attached hydrogens (tertiary/aromatic N) is 2. The highest BCUT2D eigenvalue weighted by atomic mass is 16.6. The summed E-state index contributed by atoms with van der Waals surface area (Å²) < 4.78 is 0. The number of nitro benzene ring substituents is 1. The predicted octanol–water partition coefficient (Wildman–Crippen LogP) is 17.1. The molecule has 2 atom stereocenters. The Kier molecular flexibility index (Phi) is 45.8. The van der Waals surface area contributed by atoms with Gasteiger partial charge >= 0.3 is 11.9 Å². The maximum absolute atomic E-state index is 11.0. The van der Waals surface area contributed by atoms with Gasteiger partial charge in [-0.1, -0.05) is 238 Å². The molecule has 0 aliphatic carbocycles. The number of anilines is 2. The van der Waals surface area contributed by atoms with Crippen molar-refractivity contribution in [3.63, 3.8) is 0 Å². The number of aldehydes is 9. The van der Waals surface area contributed by atoms with Crippen LogP contribution in [-0.2, 0) is 43.2 Å². The summed E-state index contributed by atoms with van der Waals surface area (Å²) in [6.07, 6.45) is 21.9. The van der Waals surface area contributed by atoms with Gasteiger partial charge in [-0.15, -0.1) is 0 Å². The van der Waals surface area contributed by atoms with E-state index in [0.29, 0.717) is 18.3 Å². The van der Waals surface area contributed by atoms with E-state index >= 15 is 0 Å². The standard InChI is InChI=1S/C16H14O3.C12H10O2.C11H13NO.C10H8O3.C9H7NO3.C9H10O.C8H7NO2.C7H6O.C7H8/c1-11(10-17)12-4-2-5-13(8-12)14-6-3-7-15(9-14)16(18)19;13-8-2-6-11-4-1-5-12(10-11)7-3-9-14;1-12(2)11-7-5-10(6-8-11)4-3-9-13;2*11-7-1-2-8-3-5-9(6-4-8)10(12)13;1-8(7-10)9-5-3-2-4-6-9;10-6-8(11)9-7-4-2-1-3-5-7;8-6-7-4-2-1-3-5-7;1-7-5-3-2-4-6-7/h2-11H,1H3,(H,18,19);1-10H;3-9H,1-2H3;1-7H,(H,12,13);1-7H;2-8H,1H3;1-6H,(H,9,11);1-6H;2-6H,1H3/b;6-2+,7-3+;4-3+;2*2-1+;;;;. The Morgan fingerprint density at radius 3 is 1.16 bits per heavy atom. The molecule has 0 aromatic heterocycles. The number of para-hydroxylation sites is 1. The van der Waals surface area contributed by atoms with Crippen molar-refractivity contribution in [2.45, 2.75) is 32.6 Å². The van der Waals surface area contributed by atoms with Gasteiger partial charge in [0.25, 0.3) is 11.6 Å². The second-order valence-corrected chi connectivity index (χ2v) is 22.3. The average molecular weight is 1450 g/mol. The number of hydrogen-bond donors (Lipinski definition) is 3. The van der Waals surface area contributed by atoms with E-state index in [4.69, 9.17) is 10.2 Å². The quantitative estimate of drug-likeness (QED) is 0.0187. The third kappa shape index (κ3) is 39.7. The van der Waals surface area contributed by atoms with E-state index < -0.39 is 22.8 Å². The summed E-state index contributed by atoms with van der Waals surface area (Å²) in [5.74, 6) is -2.66. The molecular weight excluding hydrogens is 1370 g/mol. The van der Waals surface area contributed by atoms with Crippen LogP contribution in [0.5, 0.6) is 0 Å². The van der Waals surface area contributed by atoms with Crippen LogP contribution in [0.15, 0.2) is 297 Å². The molecule has 2 unspecified atom stereocenters. The Labute approximate surface area is 628 Å². The normalized spacial score (nSPS) is 10.4. The van der Waals surface area contributed by atoms with Crippen LogP contribution >= 0.6 is 0 Å². The largest absolute Gasteiger partial charge is 0.478 e. The summed E-state index contributed by atoms with van der Waals surface area (Å²) in [4.78, 5) is 135. The van der Waals surface area contributed by atoms with Gasteiger partial charge in [0.05, 0.1) is 16.1 Å². The van der Waals surface area contributed by atoms with Gasteiger partial charge in [-0.25, -0.2) is 9.59 Å². The Morgan fingerprint density at radius 1 is 0.398 bits per heavy atom. The molecule has 0 heterocycles. The molecule has 0 aliphatic rings. The van der Waals surface area contributed by atoms with E-state index in [0.717, 1.165) is 99.0 Å². The number of benzene rings is 10. The third-order valence-electron chi connectivity index (χ3n) is 14.0. The number of nitrogens with one attached hydrogen (secondary N) is 1. The molecule has 0 radical (unpaired) electrons. The van der Waals surface area contributed by atoms with Crippen molar-refractivity contribution in [1.29, 1.82) is 0 Å². The average Bonchev–Trinajstić information content (AvgIpc) is 0.836. The van der Waals surface area contributed by atoms with Crippen LogP contribution in [0.2, 0.25) is 0 Å². The topological polar surface area (TPSA) is 304 Å². The van der Waals surface area contributed by atoms with Crippen molar-refractivity contribution in [1.82, 2.24) is 0 Å². The van der Waals surface area contributed by atoms with Gasteiger partial charge in [0.15, 0.2) is 0 Å². The highest BCUT2D eigenvalue weighted by molar-refractivity contribution is 6.29. The number of amides is 1. The van der Waals surface area contributed by atoms with Gasteiger partial charge in [0.2, 0.25) is 6.29 Å². The van der Waals surface area contributed by atoms with Gasteiger partial charge in [0.1, 0.15) is 50.3 Å². The molecule has 19 heteroatoms. The Balaban J connectivity index is 0.000000417. The van der Waals surface area contributed by atoms with Crippen LogP contribution in [0, 0.1) is 17.0 Å². The molecule has 10 aromatic carbocycles. The molecule has 10 rings (SSSR count). The van der Waals surface area contributed by atoms with Crippen LogP contribution in [-0.4, -0.2) is 104 Å². The Bertz CT molecular complexity index is 4430. The minimum Gasteiger partial charge on any atom is -0.478 e. The monoisotopic (exact) mass is 1450 g/mol. The molecule has 1 amide bonds. The highest BCUT2D eigenvalue weighted by Crippen LogP contribution is 2.25. The first-order chi connectivity index (χ1) is 52.2. The van der Waals surface area contributed by atoms with Crippen LogP contribution in [0.3, 0.4) is 0 Å². The summed E-state index contributed by atoms with van der Waals surface area (Å²) in [5.41, 5.74) is 12.6. The lowest BCUT2D eigenvalue weighted by atomic mass is 9.96. The van der Waals surface area contributed by atoms with Crippen molar-refractivity contribution in [3.8, 4) is 11.1 Å². The molecular formula is C89H83N3O16. The maximum atomic E-state index is 11.0. The smallest absolute Gasteiger partial charge is 0.335 e. The van der Waals surface area contributed by atoms with Crippen LogP contribution in [0.4, 0.5) is 17.1 Å². The molecule has 108 heavy (non-hydrogen) atoms. The van der Waals surface area contributed by atoms with Crippen molar-refractivity contribution in [3.05, 3.63) is 369 Å². The lowest BCUT2D eigenvalue weighted by molar-refractivity contribution is -0.384. The molecule has 0 saturated heterocycles. The van der Waals surface area contributed by atoms with Crippen molar-refractivity contribution < 1.29 is 72.7 Å². The predicted molar refractivity (Wildman–Crippen MR) is 428 cm³/mol. The number of carboxylic acids is 2.